The number of aryl methyl sites for hydroxylation is 2. The number of fused-ring (bicyclic) bond motifs is 1. The van der Waals surface area contributed by atoms with Gasteiger partial charge in [-0.25, -0.2) is 4.39 Å². The van der Waals surface area contributed by atoms with E-state index in [1.807, 2.05) is 0 Å². The van der Waals surface area contributed by atoms with Crippen molar-refractivity contribution in [2.45, 2.75) is 31.7 Å². The van der Waals surface area contributed by atoms with Gasteiger partial charge in [0.1, 0.15) is 5.82 Å². The Kier molecular flexibility index (Phi) is 4.24. The van der Waals surface area contributed by atoms with E-state index in [2.05, 4.69) is 23.6 Å². The van der Waals surface area contributed by atoms with Crippen LogP contribution in [-0.2, 0) is 19.3 Å². The third kappa shape index (κ3) is 3.10. The average molecular weight is 305 g/mol. The Labute approximate surface area is 129 Å². The van der Waals surface area contributed by atoms with Gasteiger partial charge in [0.2, 0.25) is 0 Å². The van der Waals surface area contributed by atoms with E-state index in [1.54, 1.807) is 12.1 Å². The van der Waals surface area contributed by atoms with Crippen molar-refractivity contribution in [2.75, 3.05) is 0 Å². The van der Waals surface area contributed by atoms with Crippen molar-refractivity contribution in [3.05, 3.63) is 69.5 Å². The molecule has 0 bridgehead atoms. The smallest absolute Gasteiger partial charge is 0.128 e. The molecule has 3 rings (SSSR count). The van der Waals surface area contributed by atoms with Gasteiger partial charge in [0.15, 0.2) is 0 Å². The fourth-order valence-corrected chi connectivity index (χ4v) is 3.21. The molecule has 0 aromatic heterocycles. The summed E-state index contributed by atoms with van der Waals surface area (Å²) in [6, 6.07) is 10.8. The van der Waals surface area contributed by atoms with Crippen molar-refractivity contribution < 1.29 is 4.39 Å². The van der Waals surface area contributed by atoms with Gasteiger partial charge in [-0.05, 0) is 60.6 Å². The van der Waals surface area contributed by atoms with Gasteiger partial charge in [0.05, 0.1) is 6.04 Å². The van der Waals surface area contributed by atoms with Crippen LogP contribution in [0.25, 0.3) is 0 Å². The minimum atomic E-state index is -0.289. The molecule has 0 fully saturated rings. The van der Waals surface area contributed by atoms with Crippen LogP contribution in [0.15, 0.2) is 36.4 Å². The van der Waals surface area contributed by atoms with Gasteiger partial charge in [-0.1, -0.05) is 29.8 Å². The molecule has 0 heterocycles. The first-order valence-electron chi connectivity index (χ1n) is 7.19. The van der Waals surface area contributed by atoms with E-state index >= 15 is 0 Å². The molecule has 0 saturated heterocycles. The molecule has 4 heteroatoms. The maximum absolute atomic E-state index is 14.0. The van der Waals surface area contributed by atoms with Crippen LogP contribution < -0.4 is 11.3 Å². The Morgan fingerprint density at radius 2 is 1.95 bits per heavy atom. The van der Waals surface area contributed by atoms with Crippen molar-refractivity contribution in [1.82, 2.24) is 5.43 Å². The monoisotopic (exact) mass is 304 g/mol. The molecule has 0 radical (unpaired) electrons. The Balaban J connectivity index is 1.86. The predicted octanol–water partition coefficient (Wildman–Crippen LogP) is 3.71. The lowest BCUT2D eigenvalue weighted by atomic mass is 9.96. The molecule has 0 amide bonds. The third-order valence-electron chi connectivity index (χ3n) is 4.14. The zero-order valence-corrected chi connectivity index (χ0v) is 12.5. The topological polar surface area (TPSA) is 38.0 Å². The summed E-state index contributed by atoms with van der Waals surface area (Å²) < 4.78 is 14.0. The summed E-state index contributed by atoms with van der Waals surface area (Å²) in [4.78, 5) is 0. The molecule has 1 aliphatic carbocycles. The fraction of sp³-hybridized carbons (Fsp3) is 0.294. The highest BCUT2D eigenvalue weighted by Crippen LogP contribution is 2.27. The Morgan fingerprint density at radius 1 is 1.14 bits per heavy atom. The molecule has 110 valence electrons. The van der Waals surface area contributed by atoms with Gasteiger partial charge < -0.3 is 0 Å². The highest BCUT2D eigenvalue weighted by atomic mass is 35.5. The minimum Gasteiger partial charge on any atom is -0.271 e. The van der Waals surface area contributed by atoms with E-state index in [0.717, 1.165) is 18.4 Å². The normalized spacial score (nSPS) is 15.0. The van der Waals surface area contributed by atoms with Crippen LogP contribution >= 0.6 is 11.6 Å². The van der Waals surface area contributed by atoms with Crippen LogP contribution in [0.5, 0.6) is 0 Å². The van der Waals surface area contributed by atoms with Crippen LogP contribution in [0.1, 0.15) is 34.7 Å². The minimum absolute atomic E-state index is 0.288. The molecule has 3 N–H and O–H groups in total. The number of hydrogen-bond donors (Lipinski definition) is 2. The first kappa shape index (κ1) is 14.5. The molecule has 2 nitrogen and oxygen atoms in total. The summed E-state index contributed by atoms with van der Waals surface area (Å²) in [5, 5.41) is 0.514. The van der Waals surface area contributed by atoms with Crippen LogP contribution in [0.2, 0.25) is 5.02 Å². The quantitative estimate of drug-likeness (QED) is 0.667. The molecular formula is C17H18ClFN2. The molecule has 0 aliphatic heterocycles. The highest BCUT2D eigenvalue weighted by Gasteiger charge is 2.17. The van der Waals surface area contributed by atoms with Crippen LogP contribution in [0.4, 0.5) is 4.39 Å². The number of rotatable bonds is 4. The molecule has 1 aliphatic rings. The second-order valence-electron chi connectivity index (χ2n) is 5.55. The summed E-state index contributed by atoms with van der Waals surface area (Å²) in [5.41, 5.74) is 7.22. The van der Waals surface area contributed by atoms with Crippen molar-refractivity contribution in [2.24, 2.45) is 5.84 Å². The molecule has 21 heavy (non-hydrogen) atoms. The summed E-state index contributed by atoms with van der Waals surface area (Å²) in [6.45, 7) is 0. The first-order valence-corrected chi connectivity index (χ1v) is 7.57. The van der Waals surface area contributed by atoms with Gasteiger partial charge >= 0.3 is 0 Å². The van der Waals surface area contributed by atoms with Crippen LogP contribution in [0, 0.1) is 5.82 Å². The lowest BCUT2D eigenvalue weighted by Gasteiger charge is -2.18. The average Bonchev–Trinajstić information content (AvgIpc) is 2.95. The van der Waals surface area contributed by atoms with Crippen LogP contribution in [0.3, 0.4) is 0 Å². The van der Waals surface area contributed by atoms with E-state index in [0.29, 0.717) is 17.0 Å². The zero-order valence-electron chi connectivity index (χ0n) is 11.7. The first-order chi connectivity index (χ1) is 10.2. The molecule has 1 atom stereocenters. The van der Waals surface area contributed by atoms with Gasteiger partial charge in [-0.2, -0.15) is 0 Å². The number of nitrogens with one attached hydrogen (secondary N) is 1. The maximum atomic E-state index is 14.0. The van der Waals surface area contributed by atoms with E-state index in [4.69, 9.17) is 17.4 Å². The molecule has 2 aromatic rings. The van der Waals surface area contributed by atoms with E-state index in [1.165, 1.54) is 23.6 Å². The largest absolute Gasteiger partial charge is 0.271 e. The second-order valence-corrected chi connectivity index (χ2v) is 5.98. The zero-order chi connectivity index (χ0) is 14.8. The number of hydrazine groups is 1. The second kappa shape index (κ2) is 6.14. The predicted molar refractivity (Wildman–Crippen MR) is 83.6 cm³/mol. The SMILES string of the molecule is NNC(Cc1ccc2c(c1)CCC2)c1cc(Cl)ccc1F. The van der Waals surface area contributed by atoms with Crippen LogP contribution in [-0.4, -0.2) is 0 Å². The Bertz CT molecular complexity index is 657. The van der Waals surface area contributed by atoms with E-state index in [9.17, 15) is 4.39 Å². The summed E-state index contributed by atoms with van der Waals surface area (Å²) >= 11 is 5.96. The molecule has 2 aromatic carbocycles. The van der Waals surface area contributed by atoms with Crippen molar-refractivity contribution in [1.29, 1.82) is 0 Å². The summed E-state index contributed by atoms with van der Waals surface area (Å²) in [6.07, 6.45) is 4.16. The maximum Gasteiger partial charge on any atom is 0.128 e. The Morgan fingerprint density at radius 3 is 2.76 bits per heavy atom. The highest BCUT2D eigenvalue weighted by molar-refractivity contribution is 6.30. The standard InChI is InChI=1S/C17H18ClFN2/c18-14-6-7-16(19)15(10-14)17(21-20)9-11-4-5-12-2-1-3-13(12)8-11/h4-8,10,17,21H,1-3,9,20H2. The van der Waals surface area contributed by atoms with Crippen molar-refractivity contribution >= 4 is 11.6 Å². The number of hydrogen-bond acceptors (Lipinski definition) is 2. The third-order valence-corrected chi connectivity index (χ3v) is 4.37. The van der Waals surface area contributed by atoms with Gasteiger partial charge in [0.25, 0.3) is 0 Å². The Hall–Kier alpha value is -1.42. The lowest BCUT2D eigenvalue weighted by molar-refractivity contribution is 0.510. The summed E-state index contributed by atoms with van der Waals surface area (Å²) in [7, 11) is 0. The molecule has 0 saturated carbocycles. The van der Waals surface area contributed by atoms with E-state index < -0.39 is 0 Å². The number of nitrogens with two attached hydrogens (primary N) is 1. The molecule has 1 unspecified atom stereocenters. The van der Waals surface area contributed by atoms with Crippen molar-refractivity contribution in [3.63, 3.8) is 0 Å². The number of halogens is 2. The lowest BCUT2D eigenvalue weighted by Crippen LogP contribution is -2.30. The van der Waals surface area contributed by atoms with E-state index in [-0.39, 0.29) is 11.9 Å². The fourth-order valence-electron chi connectivity index (χ4n) is 3.03. The summed E-state index contributed by atoms with van der Waals surface area (Å²) in [5.74, 6) is 5.34. The number of benzene rings is 2. The molecular weight excluding hydrogens is 287 g/mol. The van der Waals surface area contributed by atoms with Crippen molar-refractivity contribution in [3.8, 4) is 0 Å². The van der Waals surface area contributed by atoms with Gasteiger partial charge in [0, 0.05) is 10.6 Å². The molecule has 0 spiro atoms. The van der Waals surface area contributed by atoms with Gasteiger partial charge in [-0.3, -0.25) is 11.3 Å². The van der Waals surface area contributed by atoms with Gasteiger partial charge in [-0.15, -0.1) is 0 Å².